The lowest BCUT2D eigenvalue weighted by Crippen LogP contribution is -2.65. The van der Waals surface area contributed by atoms with Crippen molar-refractivity contribution in [3.05, 3.63) is 18.5 Å². The third-order valence-corrected chi connectivity index (χ3v) is 7.70. The molecule has 2 aromatic rings. The summed E-state index contributed by atoms with van der Waals surface area (Å²) < 4.78 is 34.4. The number of ether oxygens (including phenoxy) is 1. The average molecular weight is 378 g/mol. The van der Waals surface area contributed by atoms with Crippen molar-refractivity contribution in [2.75, 3.05) is 31.1 Å². The molecule has 1 unspecified atom stereocenters. The first-order chi connectivity index (χ1) is 12.6. The van der Waals surface area contributed by atoms with Crippen LogP contribution in [0.25, 0.3) is 5.65 Å². The molecule has 1 atom stereocenters. The predicted octanol–water partition coefficient (Wildman–Crippen LogP) is 0.192. The van der Waals surface area contributed by atoms with E-state index in [1.165, 1.54) is 0 Å². The zero-order chi connectivity index (χ0) is 17.8. The molecule has 0 bridgehead atoms. The van der Waals surface area contributed by atoms with Crippen molar-refractivity contribution in [2.45, 2.75) is 36.5 Å². The van der Waals surface area contributed by atoms with Gasteiger partial charge in [0, 0.05) is 13.2 Å². The molecule has 3 aliphatic rings. The lowest BCUT2D eigenvalue weighted by atomic mass is 9.79. The van der Waals surface area contributed by atoms with Crippen LogP contribution in [0.5, 0.6) is 0 Å². The van der Waals surface area contributed by atoms with Gasteiger partial charge in [0.1, 0.15) is 17.7 Å². The number of nitrogens with zero attached hydrogens (tertiary/aromatic N) is 5. The molecule has 1 saturated carbocycles. The van der Waals surface area contributed by atoms with Crippen LogP contribution in [0.3, 0.4) is 0 Å². The number of sulfonamides is 1. The van der Waals surface area contributed by atoms with Crippen LogP contribution in [-0.4, -0.2) is 65.3 Å². The third kappa shape index (κ3) is 2.76. The molecule has 2 aliphatic heterocycles. The second kappa shape index (κ2) is 5.86. The van der Waals surface area contributed by atoms with E-state index in [2.05, 4.69) is 24.9 Å². The van der Waals surface area contributed by atoms with E-state index >= 15 is 0 Å². The van der Waals surface area contributed by atoms with E-state index in [-0.39, 0.29) is 10.9 Å². The highest BCUT2D eigenvalue weighted by molar-refractivity contribution is 7.90. The van der Waals surface area contributed by atoms with Gasteiger partial charge < -0.3 is 9.64 Å². The third-order valence-electron chi connectivity index (χ3n) is 5.75. The van der Waals surface area contributed by atoms with Crippen LogP contribution in [-0.2, 0) is 14.8 Å². The monoisotopic (exact) mass is 378 g/mol. The van der Waals surface area contributed by atoms with Crippen molar-refractivity contribution >= 4 is 21.5 Å². The fourth-order valence-electron chi connectivity index (χ4n) is 4.06. The number of hydrogen-bond donors (Lipinski definition) is 1. The summed E-state index contributed by atoms with van der Waals surface area (Å²) in [6, 6.07) is 3.85. The maximum Gasteiger partial charge on any atom is 0.214 e. The van der Waals surface area contributed by atoms with Crippen molar-refractivity contribution in [1.29, 1.82) is 0 Å². The Morgan fingerprint density at radius 3 is 2.92 bits per heavy atom. The standard InChI is InChI=1S/C16H22N6O3S/c23-26(24,13-1-2-13)18-7-5-12-6-8-25-16(12)9-21(10-16)15-4-3-14-19-17-11-22(14)20-15/h3-4,11-13,18H,1-2,5-10H2. The molecule has 5 rings (SSSR count). The van der Waals surface area contributed by atoms with Gasteiger partial charge in [0.05, 0.1) is 18.3 Å². The van der Waals surface area contributed by atoms with Gasteiger partial charge in [0.15, 0.2) is 5.65 Å². The van der Waals surface area contributed by atoms with Gasteiger partial charge in [-0.2, -0.15) is 4.52 Å². The maximum atomic E-state index is 12.0. The molecule has 2 aromatic heterocycles. The van der Waals surface area contributed by atoms with Crippen LogP contribution in [0.15, 0.2) is 18.5 Å². The molecule has 3 fully saturated rings. The van der Waals surface area contributed by atoms with E-state index < -0.39 is 10.0 Å². The molecular formula is C16H22N6O3S. The van der Waals surface area contributed by atoms with E-state index in [9.17, 15) is 8.42 Å². The molecule has 140 valence electrons. The number of anilines is 1. The molecule has 1 spiro atoms. The van der Waals surface area contributed by atoms with Crippen molar-refractivity contribution < 1.29 is 13.2 Å². The van der Waals surface area contributed by atoms with Crippen molar-refractivity contribution in [2.24, 2.45) is 5.92 Å². The summed E-state index contributed by atoms with van der Waals surface area (Å²) >= 11 is 0. The van der Waals surface area contributed by atoms with Crippen LogP contribution in [0.2, 0.25) is 0 Å². The largest absolute Gasteiger partial charge is 0.371 e. The Morgan fingerprint density at radius 2 is 2.12 bits per heavy atom. The Bertz CT molecular complexity index is 919. The molecule has 1 N–H and O–H groups in total. The smallest absolute Gasteiger partial charge is 0.214 e. The quantitative estimate of drug-likeness (QED) is 0.766. The average Bonchev–Trinajstić information content (AvgIpc) is 3.22. The normalized spacial score (nSPS) is 25.1. The minimum Gasteiger partial charge on any atom is -0.371 e. The lowest BCUT2D eigenvalue weighted by molar-refractivity contribution is -0.0454. The topological polar surface area (TPSA) is 102 Å². The van der Waals surface area contributed by atoms with Crippen molar-refractivity contribution in [1.82, 2.24) is 24.5 Å². The Balaban J connectivity index is 1.21. The van der Waals surface area contributed by atoms with E-state index in [4.69, 9.17) is 4.74 Å². The predicted molar refractivity (Wildman–Crippen MR) is 94.3 cm³/mol. The molecule has 10 heteroatoms. The summed E-state index contributed by atoms with van der Waals surface area (Å²) in [5.74, 6) is 1.26. The zero-order valence-electron chi connectivity index (χ0n) is 14.4. The minimum absolute atomic E-state index is 0.158. The van der Waals surface area contributed by atoms with E-state index in [1.807, 2.05) is 12.1 Å². The highest BCUT2D eigenvalue weighted by Gasteiger charge is 2.53. The van der Waals surface area contributed by atoms with Crippen LogP contribution in [0.1, 0.15) is 25.7 Å². The molecule has 2 saturated heterocycles. The number of aromatic nitrogens is 4. The van der Waals surface area contributed by atoms with Gasteiger partial charge >= 0.3 is 0 Å². The molecule has 9 nitrogen and oxygen atoms in total. The van der Waals surface area contributed by atoms with Crippen LogP contribution < -0.4 is 9.62 Å². The number of nitrogens with one attached hydrogen (secondary N) is 1. The van der Waals surface area contributed by atoms with Gasteiger partial charge in [0.25, 0.3) is 0 Å². The summed E-state index contributed by atoms with van der Waals surface area (Å²) in [7, 11) is -3.10. The van der Waals surface area contributed by atoms with Crippen LogP contribution >= 0.6 is 0 Å². The molecule has 0 radical (unpaired) electrons. The molecule has 1 aliphatic carbocycles. The van der Waals surface area contributed by atoms with Gasteiger partial charge in [-0.1, -0.05) is 0 Å². The summed E-state index contributed by atoms with van der Waals surface area (Å²) in [6.07, 6.45) is 4.99. The Hall–Kier alpha value is -1.78. The van der Waals surface area contributed by atoms with Crippen LogP contribution in [0, 0.1) is 5.92 Å². The first kappa shape index (κ1) is 16.4. The van der Waals surface area contributed by atoms with Gasteiger partial charge in [-0.05, 0) is 43.7 Å². The summed E-state index contributed by atoms with van der Waals surface area (Å²) in [5.41, 5.74) is 0.552. The minimum atomic E-state index is -3.10. The van der Waals surface area contributed by atoms with Crippen molar-refractivity contribution in [3.63, 3.8) is 0 Å². The summed E-state index contributed by atoms with van der Waals surface area (Å²) in [6.45, 7) is 2.81. The second-order valence-corrected chi connectivity index (χ2v) is 9.55. The second-order valence-electron chi connectivity index (χ2n) is 7.51. The Labute approximate surface area is 151 Å². The Morgan fingerprint density at radius 1 is 1.27 bits per heavy atom. The van der Waals surface area contributed by atoms with Gasteiger partial charge in [-0.25, -0.2) is 13.1 Å². The fraction of sp³-hybridized carbons (Fsp3) is 0.688. The lowest BCUT2D eigenvalue weighted by Gasteiger charge is -2.50. The highest BCUT2D eigenvalue weighted by Crippen LogP contribution is 2.42. The highest BCUT2D eigenvalue weighted by atomic mass is 32.2. The van der Waals surface area contributed by atoms with Gasteiger partial charge in [-0.3, -0.25) is 0 Å². The molecule has 0 aromatic carbocycles. The van der Waals surface area contributed by atoms with E-state index in [1.54, 1.807) is 10.8 Å². The SMILES string of the molecule is O=S(=O)(NCCC1CCOC12CN(c1ccc3nncn3n1)C2)C1CC1. The molecule has 0 amide bonds. The van der Waals surface area contributed by atoms with Crippen molar-refractivity contribution in [3.8, 4) is 0 Å². The summed E-state index contributed by atoms with van der Waals surface area (Å²) in [5, 5.41) is 12.2. The number of hydrogen-bond acceptors (Lipinski definition) is 7. The molecular weight excluding hydrogens is 356 g/mol. The van der Waals surface area contributed by atoms with E-state index in [0.717, 1.165) is 56.8 Å². The van der Waals surface area contributed by atoms with Crippen LogP contribution in [0.4, 0.5) is 5.82 Å². The molecule has 26 heavy (non-hydrogen) atoms. The number of rotatable bonds is 6. The maximum absolute atomic E-state index is 12.0. The summed E-state index contributed by atoms with van der Waals surface area (Å²) in [4.78, 5) is 2.19. The molecule has 4 heterocycles. The Kier molecular flexibility index (Phi) is 3.70. The number of fused-ring (bicyclic) bond motifs is 1. The first-order valence-corrected chi connectivity index (χ1v) is 10.6. The van der Waals surface area contributed by atoms with Gasteiger partial charge in [0.2, 0.25) is 10.0 Å². The zero-order valence-corrected chi connectivity index (χ0v) is 15.2. The van der Waals surface area contributed by atoms with Gasteiger partial charge in [-0.15, -0.1) is 15.3 Å². The van der Waals surface area contributed by atoms with E-state index in [0.29, 0.717) is 12.5 Å². The first-order valence-electron chi connectivity index (χ1n) is 9.10. The fourth-order valence-corrected chi connectivity index (χ4v) is 5.46.